The van der Waals surface area contributed by atoms with Crippen LogP contribution in [0.1, 0.15) is 15.9 Å². The molecule has 3 rings (SSSR count). The summed E-state index contributed by atoms with van der Waals surface area (Å²) in [6, 6.07) is 16.2. The number of nitro benzene ring substituents is 1. The van der Waals surface area contributed by atoms with Crippen molar-refractivity contribution in [1.29, 1.82) is 0 Å². The Bertz CT molecular complexity index is 1030. The molecule has 142 valence electrons. The van der Waals surface area contributed by atoms with Crippen LogP contribution in [-0.2, 0) is 6.54 Å². The van der Waals surface area contributed by atoms with Crippen LogP contribution in [-0.4, -0.2) is 10.8 Å². The van der Waals surface area contributed by atoms with E-state index in [1.807, 2.05) is 30.3 Å². The van der Waals surface area contributed by atoms with E-state index >= 15 is 0 Å². The van der Waals surface area contributed by atoms with Crippen LogP contribution < -0.4 is 10.6 Å². The molecule has 0 atom stereocenters. The van der Waals surface area contributed by atoms with Gasteiger partial charge in [0.15, 0.2) is 11.6 Å². The molecule has 6 nitrogen and oxygen atoms in total. The van der Waals surface area contributed by atoms with Crippen molar-refractivity contribution in [3.63, 3.8) is 0 Å². The molecule has 0 saturated heterocycles. The van der Waals surface area contributed by atoms with Gasteiger partial charge in [0.2, 0.25) is 0 Å². The zero-order chi connectivity index (χ0) is 20.1. The third-order valence-electron chi connectivity index (χ3n) is 3.96. The Hall–Kier alpha value is -3.81. The van der Waals surface area contributed by atoms with Gasteiger partial charge in [0.05, 0.1) is 4.92 Å². The number of carbonyl (C=O) groups is 1. The van der Waals surface area contributed by atoms with Crippen molar-refractivity contribution < 1.29 is 18.5 Å². The SMILES string of the molecule is O=C(Nc1ccc(F)c(F)c1)c1ccc(NCc2ccccc2)c([N+](=O)[O-])c1. The molecule has 0 aromatic heterocycles. The summed E-state index contributed by atoms with van der Waals surface area (Å²) >= 11 is 0. The molecule has 0 spiro atoms. The zero-order valence-electron chi connectivity index (χ0n) is 14.5. The summed E-state index contributed by atoms with van der Waals surface area (Å²) in [6.07, 6.45) is 0. The number of benzene rings is 3. The minimum atomic E-state index is -1.11. The first kappa shape index (κ1) is 19.0. The summed E-state index contributed by atoms with van der Waals surface area (Å²) in [5, 5.41) is 16.7. The average Bonchev–Trinajstić information content (AvgIpc) is 2.69. The van der Waals surface area contributed by atoms with Crippen LogP contribution in [0, 0.1) is 21.7 Å². The predicted molar refractivity (Wildman–Crippen MR) is 101 cm³/mol. The second-order valence-corrected chi connectivity index (χ2v) is 5.91. The van der Waals surface area contributed by atoms with Gasteiger partial charge in [-0.25, -0.2) is 8.78 Å². The number of nitrogens with one attached hydrogen (secondary N) is 2. The van der Waals surface area contributed by atoms with Crippen molar-refractivity contribution in [3.05, 3.63) is 99.6 Å². The van der Waals surface area contributed by atoms with E-state index in [4.69, 9.17) is 0 Å². The average molecular weight is 383 g/mol. The molecular weight excluding hydrogens is 368 g/mol. The molecule has 0 unspecified atom stereocenters. The number of anilines is 2. The summed E-state index contributed by atoms with van der Waals surface area (Å²) in [5.41, 5.74) is 0.989. The van der Waals surface area contributed by atoms with E-state index in [1.165, 1.54) is 18.2 Å². The fourth-order valence-electron chi connectivity index (χ4n) is 2.54. The highest BCUT2D eigenvalue weighted by Crippen LogP contribution is 2.27. The van der Waals surface area contributed by atoms with Crippen LogP contribution in [0.3, 0.4) is 0 Å². The van der Waals surface area contributed by atoms with Crippen LogP contribution in [0.5, 0.6) is 0 Å². The Labute approximate surface area is 159 Å². The van der Waals surface area contributed by atoms with E-state index in [0.717, 1.165) is 23.8 Å². The van der Waals surface area contributed by atoms with Crippen LogP contribution in [0.2, 0.25) is 0 Å². The van der Waals surface area contributed by atoms with Gasteiger partial charge in [-0.05, 0) is 29.8 Å². The predicted octanol–water partition coefficient (Wildman–Crippen LogP) is 4.74. The Morgan fingerprint density at radius 2 is 1.71 bits per heavy atom. The van der Waals surface area contributed by atoms with Gasteiger partial charge < -0.3 is 10.6 Å². The quantitative estimate of drug-likeness (QED) is 0.476. The number of rotatable bonds is 6. The fourth-order valence-corrected chi connectivity index (χ4v) is 2.54. The van der Waals surface area contributed by atoms with Gasteiger partial charge in [-0.1, -0.05) is 30.3 Å². The molecule has 3 aromatic rings. The van der Waals surface area contributed by atoms with Gasteiger partial charge in [0, 0.05) is 29.9 Å². The maximum atomic E-state index is 13.3. The molecule has 0 bridgehead atoms. The van der Waals surface area contributed by atoms with E-state index in [2.05, 4.69) is 10.6 Å². The third-order valence-corrected chi connectivity index (χ3v) is 3.96. The second kappa shape index (κ2) is 8.26. The topological polar surface area (TPSA) is 84.3 Å². The molecular formula is C20H15F2N3O3. The first-order chi connectivity index (χ1) is 13.4. The maximum absolute atomic E-state index is 13.3. The van der Waals surface area contributed by atoms with Crippen LogP contribution in [0.4, 0.5) is 25.8 Å². The summed E-state index contributed by atoms with van der Waals surface area (Å²) in [4.78, 5) is 23.1. The van der Waals surface area contributed by atoms with Crippen molar-refractivity contribution in [2.75, 3.05) is 10.6 Å². The van der Waals surface area contributed by atoms with E-state index in [-0.39, 0.29) is 22.6 Å². The zero-order valence-corrected chi connectivity index (χ0v) is 14.5. The van der Waals surface area contributed by atoms with Crippen molar-refractivity contribution in [2.24, 2.45) is 0 Å². The lowest BCUT2D eigenvalue weighted by molar-refractivity contribution is -0.384. The first-order valence-corrected chi connectivity index (χ1v) is 8.26. The summed E-state index contributed by atoms with van der Waals surface area (Å²) in [5.74, 6) is -2.82. The molecule has 1 amide bonds. The fraction of sp³-hybridized carbons (Fsp3) is 0.0500. The number of amides is 1. The standard InChI is InChI=1S/C20H15F2N3O3/c21-16-8-7-15(11-17(16)22)24-20(26)14-6-9-18(19(10-14)25(27)28)23-12-13-4-2-1-3-5-13/h1-11,23H,12H2,(H,24,26). The molecule has 0 radical (unpaired) electrons. The van der Waals surface area contributed by atoms with Gasteiger partial charge in [-0.15, -0.1) is 0 Å². The number of hydrogen-bond donors (Lipinski definition) is 2. The summed E-state index contributed by atoms with van der Waals surface area (Å²) < 4.78 is 26.2. The van der Waals surface area contributed by atoms with Crippen molar-refractivity contribution >= 4 is 23.0 Å². The molecule has 0 fully saturated rings. The molecule has 0 aliphatic carbocycles. The Kier molecular flexibility index (Phi) is 5.59. The number of nitrogens with zero attached hydrogens (tertiary/aromatic N) is 1. The van der Waals surface area contributed by atoms with Crippen LogP contribution in [0.15, 0.2) is 66.7 Å². The third kappa shape index (κ3) is 4.47. The molecule has 0 aliphatic heterocycles. The molecule has 2 N–H and O–H groups in total. The lowest BCUT2D eigenvalue weighted by atomic mass is 10.1. The van der Waals surface area contributed by atoms with Crippen LogP contribution in [0.25, 0.3) is 0 Å². The first-order valence-electron chi connectivity index (χ1n) is 8.26. The summed E-state index contributed by atoms with van der Waals surface area (Å²) in [7, 11) is 0. The van der Waals surface area contributed by atoms with Crippen molar-refractivity contribution in [2.45, 2.75) is 6.54 Å². The Morgan fingerprint density at radius 1 is 0.964 bits per heavy atom. The van der Waals surface area contributed by atoms with Crippen molar-refractivity contribution in [1.82, 2.24) is 0 Å². The highest BCUT2D eigenvalue weighted by atomic mass is 19.2. The van der Waals surface area contributed by atoms with Gasteiger partial charge in [-0.2, -0.15) is 0 Å². The highest BCUT2D eigenvalue weighted by Gasteiger charge is 2.18. The number of carbonyl (C=O) groups excluding carboxylic acids is 1. The molecule has 3 aromatic carbocycles. The van der Waals surface area contributed by atoms with Gasteiger partial charge in [0.1, 0.15) is 5.69 Å². The van der Waals surface area contributed by atoms with Gasteiger partial charge >= 0.3 is 0 Å². The van der Waals surface area contributed by atoms with E-state index in [1.54, 1.807) is 0 Å². The van der Waals surface area contributed by atoms with Crippen molar-refractivity contribution in [3.8, 4) is 0 Å². The Morgan fingerprint density at radius 3 is 2.39 bits per heavy atom. The molecule has 0 heterocycles. The Balaban J connectivity index is 1.78. The second-order valence-electron chi connectivity index (χ2n) is 5.91. The normalized spacial score (nSPS) is 10.4. The van der Waals surface area contributed by atoms with Gasteiger partial charge in [-0.3, -0.25) is 14.9 Å². The van der Waals surface area contributed by atoms with Crippen LogP contribution >= 0.6 is 0 Å². The van der Waals surface area contributed by atoms with Gasteiger partial charge in [0.25, 0.3) is 11.6 Å². The highest BCUT2D eigenvalue weighted by molar-refractivity contribution is 6.05. The number of nitro groups is 1. The largest absolute Gasteiger partial charge is 0.375 e. The lowest BCUT2D eigenvalue weighted by Crippen LogP contribution is -2.13. The molecule has 0 saturated carbocycles. The number of halogens is 2. The molecule has 28 heavy (non-hydrogen) atoms. The minimum absolute atomic E-state index is 0.0155. The monoisotopic (exact) mass is 383 g/mol. The number of hydrogen-bond acceptors (Lipinski definition) is 4. The molecule has 0 aliphatic rings. The lowest BCUT2D eigenvalue weighted by Gasteiger charge is -2.10. The van der Waals surface area contributed by atoms with E-state index in [0.29, 0.717) is 6.54 Å². The van der Waals surface area contributed by atoms with E-state index < -0.39 is 22.5 Å². The summed E-state index contributed by atoms with van der Waals surface area (Å²) in [6.45, 7) is 0.377. The molecule has 8 heteroatoms. The minimum Gasteiger partial charge on any atom is -0.375 e. The van der Waals surface area contributed by atoms with E-state index in [9.17, 15) is 23.7 Å². The smallest absolute Gasteiger partial charge is 0.293 e. The maximum Gasteiger partial charge on any atom is 0.293 e.